The smallest absolute Gasteiger partial charge is 0.351 e. The van der Waals surface area contributed by atoms with Gasteiger partial charge in [-0.05, 0) is 64.7 Å². The van der Waals surface area contributed by atoms with Gasteiger partial charge < -0.3 is 19.3 Å². The van der Waals surface area contributed by atoms with E-state index in [0.29, 0.717) is 24.2 Å². The minimum Gasteiger partial charge on any atom is -0.391 e. The number of benzene rings is 2. The van der Waals surface area contributed by atoms with E-state index in [1.165, 1.54) is 37.2 Å². The van der Waals surface area contributed by atoms with Crippen LogP contribution in [0.3, 0.4) is 0 Å². The van der Waals surface area contributed by atoms with Crippen molar-refractivity contribution in [2.45, 2.75) is 44.7 Å². The minimum atomic E-state index is -0.558. The lowest BCUT2D eigenvalue weighted by Gasteiger charge is -2.27. The van der Waals surface area contributed by atoms with Gasteiger partial charge in [-0.3, -0.25) is 9.59 Å². The van der Waals surface area contributed by atoms with Crippen molar-refractivity contribution in [3.8, 4) is 0 Å². The Morgan fingerprint density at radius 3 is 2.06 bits per heavy atom. The molecule has 2 unspecified atom stereocenters. The second kappa shape index (κ2) is 19.4. The maximum absolute atomic E-state index is 12.9. The highest BCUT2D eigenvalue weighted by Gasteiger charge is 2.23. The van der Waals surface area contributed by atoms with Gasteiger partial charge in [0.25, 0.3) is 0 Å². The second-order valence-corrected chi connectivity index (χ2v) is 8.89. The SMILES string of the molecule is C[B]F.FF.O=C(CO)CCC(=O)c1ccc(F)cc1Br.OC1CCC(c2ccc(F)cc2Br)OC1. The second-order valence-electron chi connectivity index (χ2n) is 7.18. The molecule has 1 aliphatic heterocycles. The molecule has 2 atom stereocenters. The van der Waals surface area contributed by atoms with E-state index in [1.54, 1.807) is 6.07 Å². The Morgan fingerprint density at radius 1 is 1.03 bits per heavy atom. The first-order valence-electron chi connectivity index (χ1n) is 10.5. The number of carbonyl (C=O) groups is 2. The molecular weight excluding hydrogens is 622 g/mol. The summed E-state index contributed by atoms with van der Waals surface area (Å²) in [4.78, 5) is 22.4. The van der Waals surface area contributed by atoms with Gasteiger partial charge in [0.15, 0.2) is 11.6 Å². The summed E-state index contributed by atoms with van der Waals surface area (Å²) < 4.78 is 58.4. The van der Waals surface area contributed by atoms with E-state index >= 15 is 0 Å². The van der Waals surface area contributed by atoms with Gasteiger partial charge in [-0.25, -0.2) is 8.78 Å². The van der Waals surface area contributed by atoms with Crippen LogP contribution in [0.4, 0.5) is 22.2 Å². The summed E-state index contributed by atoms with van der Waals surface area (Å²) in [6, 6.07) is 8.33. The highest BCUT2D eigenvalue weighted by Crippen LogP contribution is 2.33. The number of hydrogen-bond acceptors (Lipinski definition) is 5. The average Bonchev–Trinajstić information content (AvgIpc) is 2.85. The van der Waals surface area contributed by atoms with E-state index in [9.17, 15) is 27.8 Å². The maximum Gasteiger partial charge on any atom is 0.351 e. The molecule has 0 aliphatic carbocycles. The lowest BCUT2D eigenvalue weighted by Crippen LogP contribution is -2.24. The van der Waals surface area contributed by atoms with Crippen molar-refractivity contribution >= 4 is 51.0 Å². The lowest BCUT2D eigenvalue weighted by atomic mass is 10.0. The van der Waals surface area contributed by atoms with Crippen LogP contribution < -0.4 is 0 Å². The molecule has 2 N–H and O–H groups in total. The van der Waals surface area contributed by atoms with Crippen molar-refractivity contribution in [3.05, 3.63) is 68.1 Å². The van der Waals surface area contributed by atoms with Crippen LogP contribution in [0, 0.1) is 11.6 Å². The van der Waals surface area contributed by atoms with Gasteiger partial charge in [-0.1, -0.05) is 28.8 Å². The number of ether oxygens (including phenoxy) is 1. The first-order chi connectivity index (χ1) is 17.1. The standard InChI is InChI=1S/C11H10BrFO3.C11H12BrFO2.CH3BF.F2/c12-10-5-7(13)1-3-9(10)11(16)4-2-8(15)6-14;12-10-5-7(13)1-3-9(10)11-4-2-8(14)6-15-11;1-2-3;1-2/h1,3,5,14H,2,4,6H2;1,3,5,8,11,14H,2,4,6H2;1H3;. The van der Waals surface area contributed by atoms with Gasteiger partial charge in [0.05, 0.1) is 18.8 Å². The normalized spacial score (nSPS) is 16.2. The van der Waals surface area contributed by atoms with Gasteiger partial charge in [0, 0.05) is 36.5 Å². The largest absolute Gasteiger partial charge is 0.391 e. The quantitative estimate of drug-likeness (QED) is 0.216. The third-order valence-electron chi connectivity index (χ3n) is 4.60. The van der Waals surface area contributed by atoms with E-state index in [0.717, 1.165) is 22.9 Å². The first-order valence-corrected chi connectivity index (χ1v) is 12.1. The molecule has 2 aromatic carbocycles. The van der Waals surface area contributed by atoms with Gasteiger partial charge in [-0.15, -0.1) is 0 Å². The summed E-state index contributed by atoms with van der Waals surface area (Å²) >= 11 is 6.39. The molecule has 1 radical (unpaired) electrons. The molecule has 5 nitrogen and oxygen atoms in total. The Balaban J connectivity index is 0.000000578. The Kier molecular flexibility index (Phi) is 18.5. The number of halogens is 7. The molecule has 0 spiro atoms. The van der Waals surface area contributed by atoms with Crippen molar-refractivity contribution in [2.24, 2.45) is 0 Å². The van der Waals surface area contributed by atoms with Gasteiger partial charge >= 0.3 is 7.56 Å². The first kappa shape index (κ1) is 34.3. The number of rotatable bonds is 6. The Bertz CT molecular complexity index is 947. The summed E-state index contributed by atoms with van der Waals surface area (Å²) in [6.45, 7) is 1.13. The molecule has 0 saturated carbocycles. The third-order valence-corrected chi connectivity index (χ3v) is 5.94. The van der Waals surface area contributed by atoms with Crippen LogP contribution in [0.15, 0.2) is 45.3 Å². The van der Waals surface area contributed by atoms with Crippen molar-refractivity contribution in [1.29, 1.82) is 0 Å². The molecule has 199 valence electrons. The zero-order valence-electron chi connectivity index (χ0n) is 19.2. The molecule has 1 fully saturated rings. The molecule has 3 rings (SSSR count). The van der Waals surface area contributed by atoms with Crippen LogP contribution >= 0.6 is 31.9 Å². The molecule has 1 aliphatic rings. The molecule has 13 heteroatoms. The highest BCUT2D eigenvalue weighted by molar-refractivity contribution is 9.10. The fraction of sp³-hybridized carbons (Fsp3) is 0.391. The molecule has 1 heterocycles. The summed E-state index contributed by atoms with van der Waals surface area (Å²) in [5, 5.41) is 17.8. The van der Waals surface area contributed by atoms with Crippen molar-refractivity contribution in [1.82, 2.24) is 0 Å². The van der Waals surface area contributed by atoms with E-state index < -0.39 is 12.4 Å². The van der Waals surface area contributed by atoms with Crippen LogP contribution in [0.5, 0.6) is 0 Å². The van der Waals surface area contributed by atoms with Crippen LogP contribution in [-0.4, -0.2) is 48.7 Å². The van der Waals surface area contributed by atoms with Gasteiger partial charge in [0.2, 0.25) is 0 Å². The van der Waals surface area contributed by atoms with Crippen molar-refractivity contribution in [2.75, 3.05) is 13.2 Å². The number of carbonyl (C=O) groups excluding carboxylic acids is 2. The summed E-state index contributed by atoms with van der Waals surface area (Å²) in [5.41, 5.74) is 1.29. The zero-order valence-corrected chi connectivity index (χ0v) is 22.4. The summed E-state index contributed by atoms with van der Waals surface area (Å²) in [5.74, 6) is -1.34. The molecule has 1 saturated heterocycles. The zero-order chi connectivity index (χ0) is 27.7. The monoisotopic (exact) mass is 645 g/mol. The van der Waals surface area contributed by atoms with E-state index in [-0.39, 0.29) is 42.4 Å². The lowest BCUT2D eigenvalue weighted by molar-refractivity contribution is -0.121. The third kappa shape index (κ3) is 13.0. The number of ketones is 2. The number of aliphatic hydroxyl groups excluding tert-OH is 2. The van der Waals surface area contributed by atoms with Crippen LogP contribution in [0.1, 0.15) is 47.7 Å². The molecule has 36 heavy (non-hydrogen) atoms. The highest BCUT2D eigenvalue weighted by atomic mass is 79.9. The Hall–Kier alpha value is -1.67. The fourth-order valence-corrected chi connectivity index (χ4v) is 4.11. The fourth-order valence-electron chi connectivity index (χ4n) is 2.93. The van der Waals surface area contributed by atoms with E-state index in [2.05, 4.69) is 31.9 Å². The molecule has 0 amide bonds. The van der Waals surface area contributed by atoms with Crippen LogP contribution in [-0.2, 0) is 9.53 Å². The van der Waals surface area contributed by atoms with Gasteiger partial charge in [0.1, 0.15) is 18.2 Å². The molecule has 0 bridgehead atoms. The number of hydrogen-bond donors (Lipinski definition) is 2. The van der Waals surface area contributed by atoms with Crippen molar-refractivity contribution < 1.29 is 46.8 Å². The minimum absolute atomic E-state index is 0.000843. The number of aliphatic hydroxyl groups is 2. The van der Waals surface area contributed by atoms with E-state index in [4.69, 9.17) is 19.0 Å². The number of Topliss-reactive ketones (excluding diaryl/α,β-unsaturated/α-hetero) is 2. The summed E-state index contributed by atoms with van der Waals surface area (Å²) in [6.07, 6.45) is 1.12. The summed E-state index contributed by atoms with van der Waals surface area (Å²) in [7, 11) is 0.500. The average molecular weight is 647 g/mol. The predicted molar refractivity (Wildman–Crippen MR) is 133 cm³/mol. The molecule has 0 aromatic heterocycles. The maximum atomic E-state index is 12.9. The molecule has 2 aromatic rings. The van der Waals surface area contributed by atoms with E-state index in [1.807, 2.05) is 0 Å². The Labute approximate surface area is 223 Å². The predicted octanol–water partition coefficient (Wildman–Crippen LogP) is 6.38. The van der Waals surface area contributed by atoms with Crippen LogP contribution in [0.25, 0.3) is 0 Å². The molecular formula is C23H25BBr2F5O5. The van der Waals surface area contributed by atoms with Gasteiger partial charge in [-0.2, -0.15) is 0 Å². The Morgan fingerprint density at radius 2 is 1.58 bits per heavy atom. The topological polar surface area (TPSA) is 83.8 Å². The van der Waals surface area contributed by atoms with Crippen molar-refractivity contribution in [3.63, 3.8) is 0 Å². The van der Waals surface area contributed by atoms with Crippen LogP contribution in [0.2, 0.25) is 6.82 Å².